The van der Waals surface area contributed by atoms with Crippen molar-refractivity contribution < 1.29 is 0 Å². The predicted octanol–water partition coefficient (Wildman–Crippen LogP) is 3.78. The van der Waals surface area contributed by atoms with Gasteiger partial charge in [0.25, 0.3) is 0 Å². The smallest absolute Gasteiger partial charge is 0.133 e. The van der Waals surface area contributed by atoms with Crippen molar-refractivity contribution in [1.82, 2.24) is 15.0 Å². The van der Waals surface area contributed by atoms with Crippen molar-refractivity contribution in [3.63, 3.8) is 0 Å². The second-order valence-electron chi connectivity index (χ2n) is 5.19. The molecule has 2 aromatic rings. The van der Waals surface area contributed by atoms with Crippen LogP contribution in [0.4, 0.5) is 5.82 Å². The lowest BCUT2D eigenvalue weighted by Crippen LogP contribution is -2.11. The summed E-state index contributed by atoms with van der Waals surface area (Å²) in [5.74, 6) is 2.20. The highest BCUT2D eigenvalue weighted by atomic mass is 32.1. The molecule has 0 unspecified atom stereocenters. The Morgan fingerprint density at radius 3 is 2.70 bits per heavy atom. The van der Waals surface area contributed by atoms with Gasteiger partial charge in [0.15, 0.2) is 0 Å². The van der Waals surface area contributed by atoms with Gasteiger partial charge in [-0.3, -0.25) is 0 Å². The fourth-order valence-corrected chi connectivity index (χ4v) is 2.53. The van der Waals surface area contributed by atoms with Gasteiger partial charge >= 0.3 is 0 Å². The van der Waals surface area contributed by atoms with Crippen LogP contribution >= 0.6 is 11.3 Å². The lowest BCUT2D eigenvalue weighted by atomic mass is 10.1. The van der Waals surface area contributed by atoms with Crippen LogP contribution in [-0.4, -0.2) is 21.5 Å². The summed E-state index contributed by atoms with van der Waals surface area (Å²) in [6, 6.07) is 0. The summed E-state index contributed by atoms with van der Waals surface area (Å²) in [6.45, 7) is 9.43. The zero-order valence-corrected chi connectivity index (χ0v) is 13.4. The zero-order chi connectivity index (χ0) is 14.5. The minimum Gasteiger partial charge on any atom is -0.370 e. The normalized spacial score (nSPS) is 11.1. The van der Waals surface area contributed by atoms with E-state index in [1.807, 2.05) is 11.6 Å². The number of hydrogen-bond acceptors (Lipinski definition) is 5. The number of thiazole rings is 1. The van der Waals surface area contributed by atoms with E-state index in [9.17, 15) is 0 Å². The first-order chi connectivity index (χ1) is 9.61. The van der Waals surface area contributed by atoms with E-state index in [4.69, 9.17) is 4.98 Å². The molecule has 0 saturated carbocycles. The molecule has 0 atom stereocenters. The van der Waals surface area contributed by atoms with Crippen molar-refractivity contribution in [3.8, 4) is 0 Å². The average molecular weight is 290 g/mol. The van der Waals surface area contributed by atoms with Crippen molar-refractivity contribution in [1.29, 1.82) is 0 Å². The van der Waals surface area contributed by atoms with Crippen LogP contribution in [0.5, 0.6) is 0 Å². The molecule has 5 heteroatoms. The first-order valence-corrected chi connectivity index (χ1v) is 7.99. The van der Waals surface area contributed by atoms with Crippen molar-refractivity contribution in [2.45, 2.75) is 46.5 Å². The highest BCUT2D eigenvalue weighted by Gasteiger charge is 2.14. The molecule has 0 spiro atoms. The molecule has 4 nitrogen and oxygen atoms in total. The first-order valence-electron chi connectivity index (χ1n) is 7.11. The molecule has 0 radical (unpaired) electrons. The molecule has 0 bridgehead atoms. The van der Waals surface area contributed by atoms with E-state index in [1.54, 1.807) is 11.3 Å². The molecule has 0 saturated heterocycles. The summed E-state index contributed by atoms with van der Waals surface area (Å²) in [4.78, 5) is 13.7. The van der Waals surface area contributed by atoms with Gasteiger partial charge in [0, 0.05) is 36.0 Å². The molecule has 0 aliphatic rings. The van der Waals surface area contributed by atoms with E-state index < -0.39 is 0 Å². The minimum atomic E-state index is 0.327. The number of anilines is 1. The monoisotopic (exact) mass is 290 g/mol. The molecule has 2 rings (SSSR count). The Balaban J connectivity index is 2.35. The highest BCUT2D eigenvalue weighted by Crippen LogP contribution is 2.22. The van der Waals surface area contributed by atoms with Crippen LogP contribution in [0.25, 0.3) is 0 Å². The summed E-state index contributed by atoms with van der Waals surface area (Å²) in [5, 5.41) is 6.52. The van der Waals surface area contributed by atoms with Crippen LogP contribution < -0.4 is 5.32 Å². The molecule has 108 valence electrons. The molecule has 0 aliphatic carbocycles. The van der Waals surface area contributed by atoms with Crippen molar-refractivity contribution in [2.24, 2.45) is 0 Å². The summed E-state index contributed by atoms with van der Waals surface area (Å²) in [6.07, 6.45) is 3.71. The third-order valence-corrected chi connectivity index (χ3v) is 3.90. The van der Waals surface area contributed by atoms with Crippen LogP contribution in [-0.2, 0) is 6.42 Å². The summed E-state index contributed by atoms with van der Waals surface area (Å²) in [7, 11) is 0. The van der Waals surface area contributed by atoms with E-state index in [0.717, 1.165) is 47.3 Å². The quantitative estimate of drug-likeness (QED) is 0.879. The van der Waals surface area contributed by atoms with Gasteiger partial charge < -0.3 is 5.32 Å². The molecule has 0 amide bonds. The van der Waals surface area contributed by atoms with Crippen molar-refractivity contribution in [3.05, 3.63) is 33.7 Å². The van der Waals surface area contributed by atoms with Crippen molar-refractivity contribution >= 4 is 17.2 Å². The van der Waals surface area contributed by atoms with E-state index in [1.165, 1.54) is 0 Å². The molecule has 0 aliphatic heterocycles. The van der Waals surface area contributed by atoms with Gasteiger partial charge in [0.05, 0.1) is 10.7 Å². The molecule has 2 aromatic heterocycles. The Morgan fingerprint density at radius 2 is 2.10 bits per heavy atom. The minimum absolute atomic E-state index is 0.327. The third-order valence-electron chi connectivity index (χ3n) is 3.12. The van der Waals surface area contributed by atoms with E-state index in [0.29, 0.717) is 5.92 Å². The van der Waals surface area contributed by atoms with Crippen LogP contribution in [0.3, 0.4) is 0 Å². The first kappa shape index (κ1) is 14.9. The predicted molar refractivity (Wildman–Crippen MR) is 84.6 cm³/mol. The second-order valence-corrected chi connectivity index (χ2v) is 6.17. The average Bonchev–Trinajstić information content (AvgIpc) is 2.92. The topological polar surface area (TPSA) is 50.7 Å². The lowest BCUT2D eigenvalue weighted by Gasteiger charge is -2.14. The number of hydrogen-bond donors (Lipinski definition) is 1. The van der Waals surface area contributed by atoms with E-state index in [2.05, 4.69) is 43.0 Å². The van der Waals surface area contributed by atoms with E-state index in [-0.39, 0.29) is 0 Å². The Labute approximate surface area is 124 Å². The highest BCUT2D eigenvalue weighted by molar-refractivity contribution is 7.09. The number of rotatable bonds is 6. The maximum atomic E-state index is 4.73. The maximum absolute atomic E-state index is 4.73. The Hall–Kier alpha value is -1.49. The molecule has 0 aromatic carbocycles. The van der Waals surface area contributed by atoms with Gasteiger partial charge in [-0.25, -0.2) is 15.0 Å². The fourth-order valence-electron chi connectivity index (χ4n) is 1.91. The summed E-state index contributed by atoms with van der Waals surface area (Å²) < 4.78 is 0. The Morgan fingerprint density at radius 1 is 1.30 bits per heavy atom. The van der Waals surface area contributed by atoms with Crippen LogP contribution in [0.2, 0.25) is 0 Å². The van der Waals surface area contributed by atoms with Gasteiger partial charge in [0.2, 0.25) is 0 Å². The van der Waals surface area contributed by atoms with Gasteiger partial charge in [-0.1, -0.05) is 20.8 Å². The van der Waals surface area contributed by atoms with Crippen LogP contribution in [0.15, 0.2) is 11.6 Å². The molecular weight excluding hydrogens is 268 g/mol. The summed E-state index contributed by atoms with van der Waals surface area (Å²) in [5.41, 5.74) is 2.22. The van der Waals surface area contributed by atoms with Crippen molar-refractivity contribution in [2.75, 3.05) is 11.9 Å². The molecule has 20 heavy (non-hydrogen) atoms. The molecule has 2 heterocycles. The van der Waals surface area contributed by atoms with Gasteiger partial charge in [-0.15, -0.1) is 11.3 Å². The van der Waals surface area contributed by atoms with Crippen LogP contribution in [0, 0.1) is 6.92 Å². The molecule has 1 N–H and O–H groups in total. The molecular formula is C15H22N4S. The second kappa shape index (κ2) is 6.79. The van der Waals surface area contributed by atoms with E-state index >= 15 is 0 Å². The maximum Gasteiger partial charge on any atom is 0.133 e. The van der Waals surface area contributed by atoms with Gasteiger partial charge in [0.1, 0.15) is 11.6 Å². The lowest BCUT2D eigenvalue weighted by molar-refractivity contribution is 0.755. The molecule has 0 fully saturated rings. The standard InChI is InChI=1S/C15H22N4S/c1-5-6-17-15-11(4)12(9-13-16-7-8-20-13)18-14(19-15)10(2)3/h7-8,10H,5-6,9H2,1-4H3,(H,17,18,19). The number of aromatic nitrogens is 3. The van der Waals surface area contributed by atoms with Gasteiger partial charge in [-0.2, -0.15) is 0 Å². The number of nitrogens with one attached hydrogen (secondary N) is 1. The zero-order valence-electron chi connectivity index (χ0n) is 12.6. The van der Waals surface area contributed by atoms with Gasteiger partial charge in [-0.05, 0) is 13.3 Å². The largest absolute Gasteiger partial charge is 0.370 e. The van der Waals surface area contributed by atoms with Crippen LogP contribution in [0.1, 0.15) is 55.2 Å². The Kier molecular flexibility index (Phi) is 5.06. The Bertz CT molecular complexity index is 549. The SMILES string of the molecule is CCCNc1nc(C(C)C)nc(Cc2nccs2)c1C. The fraction of sp³-hybridized carbons (Fsp3) is 0.533. The number of nitrogens with zero attached hydrogens (tertiary/aromatic N) is 3. The summed E-state index contributed by atoms with van der Waals surface area (Å²) >= 11 is 1.67. The third kappa shape index (κ3) is 3.54.